The van der Waals surface area contributed by atoms with Crippen molar-refractivity contribution in [1.82, 2.24) is 4.90 Å². The van der Waals surface area contributed by atoms with Gasteiger partial charge in [-0.2, -0.15) is 0 Å². The molecule has 1 aromatic carbocycles. The first-order valence-electron chi connectivity index (χ1n) is 14.0. The van der Waals surface area contributed by atoms with Crippen LogP contribution >= 0.6 is 0 Å². The molecule has 0 saturated heterocycles. The molecule has 7 nitrogen and oxygen atoms in total. The quantitative estimate of drug-likeness (QED) is 0.178. The fourth-order valence-corrected chi connectivity index (χ4v) is 4.27. The Bertz CT molecular complexity index is 726. The Hall–Kier alpha value is -2.41. The standard InChI is InChI=1S/C29H48N2O5/c1-2-3-4-5-6-7-8-9-10-11-12-16-22-27(32)31(26(28(33)34)21-17-18-23-30)29(35)36-24-25-19-14-13-15-20-25/h13-15,19-20,26H,2-12,16-18,21-24,30H2,1H3,(H,33,34)/t26-/m0/s1. The lowest BCUT2D eigenvalue weighted by molar-refractivity contribution is -0.149. The zero-order chi connectivity index (χ0) is 26.4. The minimum Gasteiger partial charge on any atom is -0.480 e. The summed E-state index contributed by atoms with van der Waals surface area (Å²) in [5.41, 5.74) is 6.31. The van der Waals surface area contributed by atoms with Crippen molar-refractivity contribution in [2.75, 3.05) is 6.54 Å². The van der Waals surface area contributed by atoms with Gasteiger partial charge in [-0.3, -0.25) is 4.79 Å². The summed E-state index contributed by atoms with van der Waals surface area (Å²) in [5, 5.41) is 9.77. The van der Waals surface area contributed by atoms with Crippen molar-refractivity contribution >= 4 is 18.0 Å². The number of hydrogen-bond acceptors (Lipinski definition) is 5. The first-order valence-corrected chi connectivity index (χ1v) is 14.0. The topological polar surface area (TPSA) is 110 Å². The van der Waals surface area contributed by atoms with Crippen LogP contribution in [0, 0.1) is 0 Å². The van der Waals surface area contributed by atoms with Gasteiger partial charge in [-0.15, -0.1) is 0 Å². The molecule has 0 radical (unpaired) electrons. The van der Waals surface area contributed by atoms with Gasteiger partial charge >= 0.3 is 12.1 Å². The third-order valence-electron chi connectivity index (χ3n) is 6.44. The Kier molecular flexibility index (Phi) is 18.2. The maximum Gasteiger partial charge on any atom is 0.417 e. The number of nitrogens with zero attached hydrogens (tertiary/aromatic N) is 1. The predicted molar refractivity (Wildman–Crippen MR) is 143 cm³/mol. The molecule has 0 saturated carbocycles. The van der Waals surface area contributed by atoms with Gasteiger partial charge in [0.05, 0.1) is 0 Å². The van der Waals surface area contributed by atoms with Crippen LogP contribution in [0.4, 0.5) is 4.79 Å². The summed E-state index contributed by atoms with van der Waals surface area (Å²) < 4.78 is 5.34. The molecule has 204 valence electrons. The minimum absolute atomic E-state index is 0.0167. The van der Waals surface area contributed by atoms with Gasteiger partial charge in [0.2, 0.25) is 5.91 Å². The second-order valence-corrected chi connectivity index (χ2v) is 9.58. The van der Waals surface area contributed by atoms with Gasteiger partial charge in [-0.25, -0.2) is 14.5 Å². The van der Waals surface area contributed by atoms with Crippen molar-refractivity contribution in [2.24, 2.45) is 5.73 Å². The lowest BCUT2D eigenvalue weighted by atomic mass is 10.0. The fraction of sp³-hybridized carbons (Fsp3) is 0.690. The van der Waals surface area contributed by atoms with Crippen LogP contribution in [0.5, 0.6) is 0 Å². The van der Waals surface area contributed by atoms with Gasteiger partial charge < -0.3 is 15.6 Å². The highest BCUT2D eigenvalue weighted by Gasteiger charge is 2.35. The zero-order valence-corrected chi connectivity index (χ0v) is 22.3. The van der Waals surface area contributed by atoms with Crippen molar-refractivity contribution in [2.45, 2.75) is 122 Å². The van der Waals surface area contributed by atoms with Crippen molar-refractivity contribution in [1.29, 1.82) is 0 Å². The van der Waals surface area contributed by atoms with Gasteiger partial charge in [-0.05, 0) is 37.8 Å². The minimum atomic E-state index is -1.25. The van der Waals surface area contributed by atoms with Crippen molar-refractivity contribution in [3.05, 3.63) is 35.9 Å². The molecule has 1 rings (SSSR count). The molecule has 1 aromatic rings. The van der Waals surface area contributed by atoms with E-state index in [-0.39, 0.29) is 19.4 Å². The van der Waals surface area contributed by atoms with Gasteiger partial charge in [0.1, 0.15) is 12.6 Å². The van der Waals surface area contributed by atoms with E-state index in [1.165, 1.54) is 51.4 Å². The lowest BCUT2D eigenvalue weighted by Crippen LogP contribution is -2.49. The lowest BCUT2D eigenvalue weighted by Gasteiger charge is -2.26. The van der Waals surface area contributed by atoms with E-state index in [1.54, 1.807) is 0 Å². The summed E-state index contributed by atoms with van der Waals surface area (Å²) in [4.78, 5) is 38.6. The number of benzene rings is 1. The number of hydrogen-bond donors (Lipinski definition) is 2. The van der Waals surface area contributed by atoms with Crippen LogP contribution in [0.2, 0.25) is 0 Å². The van der Waals surface area contributed by atoms with Crippen molar-refractivity contribution < 1.29 is 24.2 Å². The van der Waals surface area contributed by atoms with Gasteiger partial charge in [0.25, 0.3) is 0 Å². The smallest absolute Gasteiger partial charge is 0.417 e. The molecule has 0 heterocycles. The molecule has 0 bridgehead atoms. The van der Waals surface area contributed by atoms with Crippen LogP contribution in [0.15, 0.2) is 30.3 Å². The molecule has 0 aliphatic heterocycles. The van der Waals surface area contributed by atoms with E-state index in [0.717, 1.165) is 29.7 Å². The number of carbonyl (C=O) groups is 3. The molecule has 0 aliphatic carbocycles. The number of amides is 2. The molecule has 7 heteroatoms. The Morgan fingerprint density at radius 1 is 0.833 bits per heavy atom. The highest BCUT2D eigenvalue weighted by Crippen LogP contribution is 2.17. The molecule has 0 aromatic heterocycles. The van der Waals surface area contributed by atoms with Crippen molar-refractivity contribution in [3.8, 4) is 0 Å². The number of carboxylic acids is 1. The SMILES string of the molecule is CCCCCCCCCCCCCCC(=O)N(C(=O)OCc1ccccc1)[C@@H](CCCCN)C(=O)O. The monoisotopic (exact) mass is 504 g/mol. The highest BCUT2D eigenvalue weighted by molar-refractivity contribution is 5.96. The fourth-order valence-electron chi connectivity index (χ4n) is 4.27. The molecular weight excluding hydrogens is 456 g/mol. The van der Waals surface area contributed by atoms with Crippen LogP contribution < -0.4 is 5.73 Å². The number of unbranched alkanes of at least 4 members (excludes halogenated alkanes) is 12. The Labute approximate surface area is 217 Å². The zero-order valence-electron chi connectivity index (χ0n) is 22.3. The number of aliphatic carboxylic acids is 1. The largest absolute Gasteiger partial charge is 0.480 e. The third kappa shape index (κ3) is 14.2. The van der Waals surface area contributed by atoms with Crippen LogP contribution in [-0.4, -0.2) is 40.6 Å². The predicted octanol–water partition coefficient (Wildman–Crippen LogP) is 6.83. The molecule has 0 spiro atoms. The average molecular weight is 505 g/mol. The Morgan fingerprint density at radius 2 is 1.39 bits per heavy atom. The number of rotatable bonds is 21. The van der Waals surface area contributed by atoms with E-state index in [0.29, 0.717) is 25.8 Å². The average Bonchev–Trinajstić information content (AvgIpc) is 2.88. The van der Waals surface area contributed by atoms with Gasteiger partial charge in [0, 0.05) is 6.42 Å². The number of imide groups is 1. The summed E-state index contributed by atoms with van der Waals surface area (Å²) in [6.45, 7) is 2.64. The van der Waals surface area contributed by atoms with E-state index in [4.69, 9.17) is 10.5 Å². The number of carbonyl (C=O) groups excluding carboxylic acids is 2. The summed E-state index contributed by atoms with van der Waals surface area (Å²) in [6.07, 6.45) is 14.6. The molecule has 0 aliphatic rings. The first-order chi connectivity index (χ1) is 17.5. The number of carboxylic acid groups (broad SMARTS) is 1. The van der Waals surface area contributed by atoms with E-state index < -0.39 is 24.0 Å². The van der Waals surface area contributed by atoms with Crippen LogP contribution in [0.3, 0.4) is 0 Å². The summed E-state index contributed by atoms with van der Waals surface area (Å²) in [7, 11) is 0. The molecular formula is C29H48N2O5. The summed E-state index contributed by atoms with van der Waals surface area (Å²) in [5.74, 6) is -1.69. The molecule has 1 atom stereocenters. The van der Waals surface area contributed by atoms with Crippen LogP contribution in [-0.2, 0) is 20.9 Å². The highest BCUT2D eigenvalue weighted by atomic mass is 16.6. The molecule has 0 fully saturated rings. The van der Waals surface area contributed by atoms with E-state index in [2.05, 4.69) is 6.92 Å². The maximum atomic E-state index is 13.0. The summed E-state index contributed by atoms with van der Waals surface area (Å²) >= 11 is 0. The second kappa shape index (κ2) is 20.7. The second-order valence-electron chi connectivity index (χ2n) is 9.58. The molecule has 0 unspecified atom stereocenters. The van der Waals surface area contributed by atoms with E-state index in [1.807, 2.05) is 30.3 Å². The van der Waals surface area contributed by atoms with E-state index in [9.17, 15) is 19.5 Å². The number of ether oxygens (including phenoxy) is 1. The van der Waals surface area contributed by atoms with Gasteiger partial charge in [-0.1, -0.05) is 108 Å². The Balaban J connectivity index is 2.50. The maximum absolute atomic E-state index is 13.0. The third-order valence-corrected chi connectivity index (χ3v) is 6.44. The van der Waals surface area contributed by atoms with Crippen LogP contribution in [0.25, 0.3) is 0 Å². The molecule has 36 heavy (non-hydrogen) atoms. The molecule has 2 amide bonds. The number of nitrogens with two attached hydrogens (primary N) is 1. The first kappa shape index (κ1) is 31.6. The van der Waals surface area contributed by atoms with Gasteiger partial charge in [0.15, 0.2) is 0 Å². The normalized spacial score (nSPS) is 11.7. The molecule has 3 N–H and O–H groups in total. The van der Waals surface area contributed by atoms with Crippen LogP contribution in [0.1, 0.15) is 115 Å². The Morgan fingerprint density at radius 3 is 1.92 bits per heavy atom. The van der Waals surface area contributed by atoms with E-state index >= 15 is 0 Å². The summed E-state index contributed by atoms with van der Waals surface area (Å²) in [6, 6.07) is 7.88. The van der Waals surface area contributed by atoms with Crippen molar-refractivity contribution in [3.63, 3.8) is 0 Å².